The number of aromatic nitrogens is 3. The monoisotopic (exact) mass is 248 g/mol. The van der Waals surface area contributed by atoms with Crippen molar-refractivity contribution in [3.63, 3.8) is 0 Å². The fourth-order valence-corrected chi connectivity index (χ4v) is 2.24. The molecule has 2 aromatic rings. The van der Waals surface area contributed by atoms with Gasteiger partial charge in [0.2, 0.25) is 0 Å². The molecule has 3 heterocycles. The summed E-state index contributed by atoms with van der Waals surface area (Å²) in [5.74, 6) is 0.736. The standard InChI is InChI=1S/C12H16N4O2/c17-12(3-1-5-18-7-12)6-14-11-9-2-4-13-10(9)15-8-16-11/h2,4,8,17H,1,3,5-7H2,(H2,13,14,15,16)/t12-/m1/s1. The van der Waals surface area contributed by atoms with Crippen LogP contribution in [0.4, 0.5) is 5.82 Å². The van der Waals surface area contributed by atoms with Gasteiger partial charge >= 0.3 is 0 Å². The van der Waals surface area contributed by atoms with Crippen molar-refractivity contribution in [1.82, 2.24) is 15.0 Å². The first-order valence-corrected chi connectivity index (χ1v) is 6.09. The lowest BCUT2D eigenvalue weighted by atomic mass is 9.97. The minimum absolute atomic E-state index is 0.376. The van der Waals surface area contributed by atoms with E-state index < -0.39 is 5.60 Å². The van der Waals surface area contributed by atoms with E-state index in [9.17, 15) is 5.11 Å². The van der Waals surface area contributed by atoms with Crippen LogP contribution in [-0.4, -0.2) is 45.4 Å². The molecule has 1 atom stereocenters. The fraction of sp³-hybridized carbons (Fsp3) is 0.500. The average molecular weight is 248 g/mol. The maximum absolute atomic E-state index is 10.3. The molecule has 6 nitrogen and oxygen atoms in total. The summed E-state index contributed by atoms with van der Waals surface area (Å²) in [6, 6.07) is 1.92. The van der Waals surface area contributed by atoms with Gasteiger partial charge in [-0.05, 0) is 18.9 Å². The van der Waals surface area contributed by atoms with E-state index in [-0.39, 0.29) is 0 Å². The highest BCUT2D eigenvalue weighted by atomic mass is 16.5. The van der Waals surface area contributed by atoms with Crippen LogP contribution < -0.4 is 5.32 Å². The summed E-state index contributed by atoms with van der Waals surface area (Å²) in [4.78, 5) is 11.3. The fourth-order valence-electron chi connectivity index (χ4n) is 2.24. The van der Waals surface area contributed by atoms with E-state index in [1.54, 1.807) is 0 Å². The molecule has 0 aromatic carbocycles. The van der Waals surface area contributed by atoms with Gasteiger partial charge in [0, 0.05) is 19.3 Å². The summed E-state index contributed by atoms with van der Waals surface area (Å²) >= 11 is 0. The largest absolute Gasteiger partial charge is 0.386 e. The first-order chi connectivity index (χ1) is 8.77. The summed E-state index contributed by atoms with van der Waals surface area (Å²) in [7, 11) is 0. The van der Waals surface area contributed by atoms with Crippen molar-refractivity contribution >= 4 is 16.9 Å². The van der Waals surface area contributed by atoms with Gasteiger partial charge in [0.05, 0.1) is 12.0 Å². The molecule has 2 aromatic heterocycles. The number of anilines is 1. The van der Waals surface area contributed by atoms with Crippen LogP contribution in [0.2, 0.25) is 0 Å². The minimum atomic E-state index is -0.800. The first-order valence-electron chi connectivity index (χ1n) is 6.09. The van der Waals surface area contributed by atoms with Gasteiger partial charge in [0.1, 0.15) is 23.4 Å². The number of fused-ring (bicyclic) bond motifs is 1. The van der Waals surface area contributed by atoms with Gasteiger partial charge in [0.25, 0.3) is 0 Å². The van der Waals surface area contributed by atoms with Gasteiger partial charge in [-0.1, -0.05) is 0 Å². The number of hydrogen-bond donors (Lipinski definition) is 3. The second kappa shape index (κ2) is 4.55. The zero-order valence-corrected chi connectivity index (χ0v) is 10.0. The zero-order chi connectivity index (χ0) is 12.4. The highest BCUT2D eigenvalue weighted by Gasteiger charge is 2.30. The number of ether oxygens (including phenoxy) is 1. The van der Waals surface area contributed by atoms with Crippen LogP contribution >= 0.6 is 0 Å². The van der Waals surface area contributed by atoms with Gasteiger partial charge in [-0.25, -0.2) is 9.97 Å². The van der Waals surface area contributed by atoms with E-state index in [4.69, 9.17) is 4.74 Å². The Morgan fingerprint density at radius 2 is 2.44 bits per heavy atom. The number of nitrogens with one attached hydrogen (secondary N) is 2. The molecule has 1 saturated heterocycles. The Labute approximate surface area is 104 Å². The third kappa shape index (κ3) is 2.16. The van der Waals surface area contributed by atoms with Crippen LogP contribution in [0, 0.1) is 0 Å². The first kappa shape index (κ1) is 11.4. The molecule has 0 unspecified atom stereocenters. The summed E-state index contributed by atoms with van der Waals surface area (Å²) in [6.45, 7) is 1.55. The van der Waals surface area contributed by atoms with Gasteiger partial charge in [-0.3, -0.25) is 0 Å². The Kier molecular flexibility index (Phi) is 2.89. The zero-order valence-electron chi connectivity index (χ0n) is 10.0. The van der Waals surface area contributed by atoms with E-state index in [0.29, 0.717) is 13.2 Å². The lowest BCUT2D eigenvalue weighted by Gasteiger charge is -2.32. The number of aromatic amines is 1. The summed E-state index contributed by atoms with van der Waals surface area (Å²) in [5.41, 5.74) is -0.00868. The molecule has 1 fully saturated rings. The molecule has 0 amide bonds. The van der Waals surface area contributed by atoms with Crippen LogP contribution in [0.3, 0.4) is 0 Å². The van der Waals surface area contributed by atoms with Gasteiger partial charge in [-0.15, -0.1) is 0 Å². The van der Waals surface area contributed by atoms with Crippen molar-refractivity contribution in [2.75, 3.05) is 25.1 Å². The number of nitrogens with zero attached hydrogens (tertiary/aromatic N) is 2. The van der Waals surface area contributed by atoms with Gasteiger partial charge in [-0.2, -0.15) is 0 Å². The molecule has 0 bridgehead atoms. The summed E-state index contributed by atoms with van der Waals surface area (Å²) in [5, 5.41) is 14.4. The molecule has 6 heteroatoms. The van der Waals surface area contributed by atoms with Crippen LogP contribution in [0.5, 0.6) is 0 Å². The van der Waals surface area contributed by atoms with E-state index in [1.807, 2.05) is 12.3 Å². The molecule has 0 saturated carbocycles. The van der Waals surface area contributed by atoms with E-state index in [0.717, 1.165) is 36.3 Å². The lowest BCUT2D eigenvalue weighted by molar-refractivity contribution is -0.0763. The SMILES string of the molecule is O[C@@]1(CNc2ncnc3[nH]ccc23)CCCOC1. The van der Waals surface area contributed by atoms with Crippen molar-refractivity contribution in [2.24, 2.45) is 0 Å². The average Bonchev–Trinajstić information content (AvgIpc) is 2.86. The Balaban J connectivity index is 1.74. The van der Waals surface area contributed by atoms with Crippen molar-refractivity contribution in [1.29, 1.82) is 0 Å². The van der Waals surface area contributed by atoms with Crippen LogP contribution in [0.1, 0.15) is 12.8 Å². The smallest absolute Gasteiger partial charge is 0.142 e. The Morgan fingerprint density at radius 3 is 3.28 bits per heavy atom. The number of H-pyrrole nitrogens is 1. The molecule has 18 heavy (non-hydrogen) atoms. The highest BCUT2D eigenvalue weighted by Crippen LogP contribution is 2.22. The highest BCUT2D eigenvalue weighted by molar-refractivity contribution is 5.86. The van der Waals surface area contributed by atoms with E-state index in [2.05, 4.69) is 20.3 Å². The topological polar surface area (TPSA) is 83.1 Å². The summed E-state index contributed by atoms with van der Waals surface area (Å²) < 4.78 is 5.32. The van der Waals surface area contributed by atoms with Gasteiger partial charge in [0.15, 0.2) is 0 Å². The molecule has 0 spiro atoms. The van der Waals surface area contributed by atoms with E-state index in [1.165, 1.54) is 6.33 Å². The Morgan fingerprint density at radius 1 is 1.50 bits per heavy atom. The Hall–Kier alpha value is -1.66. The molecule has 1 aliphatic rings. The second-order valence-corrected chi connectivity index (χ2v) is 4.70. The molecule has 0 aliphatic carbocycles. The molecule has 3 rings (SSSR count). The maximum Gasteiger partial charge on any atom is 0.142 e. The van der Waals surface area contributed by atoms with Gasteiger partial charge < -0.3 is 20.1 Å². The number of aliphatic hydroxyl groups is 1. The van der Waals surface area contributed by atoms with Crippen LogP contribution in [0.15, 0.2) is 18.6 Å². The normalized spacial score (nSPS) is 24.3. The number of rotatable bonds is 3. The van der Waals surface area contributed by atoms with Crippen LogP contribution in [0.25, 0.3) is 11.0 Å². The van der Waals surface area contributed by atoms with E-state index >= 15 is 0 Å². The third-order valence-corrected chi connectivity index (χ3v) is 3.24. The molecule has 1 aliphatic heterocycles. The van der Waals surface area contributed by atoms with Crippen LogP contribution in [-0.2, 0) is 4.74 Å². The molecular weight excluding hydrogens is 232 g/mol. The van der Waals surface area contributed by atoms with Crippen molar-refractivity contribution in [3.05, 3.63) is 18.6 Å². The molecule has 3 N–H and O–H groups in total. The Bertz CT molecular complexity index is 534. The van der Waals surface area contributed by atoms with Crippen molar-refractivity contribution < 1.29 is 9.84 Å². The minimum Gasteiger partial charge on any atom is -0.386 e. The predicted molar refractivity (Wildman–Crippen MR) is 67.4 cm³/mol. The predicted octanol–water partition coefficient (Wildman–Crippen LogP) is 0.911. The number of hydrogen-bond acceptors (Lipinski definition) is 5. The van der Waals surface area contributed by atoms with Crippen molar-refractivity contribution in [2.45, 2.75) is 18.4 Å². The van der Waals surface area contributed by atoms with Crippen molar-refractivity contribution in [3.8, 4) is 0 Å². The second-order valence-electron chi connectivity index (χ2n) is 4.70. The summed E-state index contributed by atoms with van der Waals surface area (Å²) in [6.07, 6.45) is 4.97. The maximum atomic E-state index is 10.3. The molecular formula is C12H16N4O2. The molecule has 96 valence electrons. The lowest BCUT2D eigenvalue weighted by Crippen LogP contribution is -2.44. The quantitative estimate of drug-likeness (QED) is 0.752. The third-order valence-electron chi connectivity index (χ3n) is 3.24. The molecule has 0 radical (unpaired) electrons.